The van der Waals surface area contributed by atoms with Gasteiger partial charge in [-0.15, -0.1) is 0 Å². The van der Waals surface area contributed by atoms with E-state index in [4.69, 9.17) is 0 Å². The minimum atomic E-state index is 0.414. The third-order valence-corrected chi connectivity index (χ3v) is 4.43. The molecule has 0 spiro atoms. The fraction of sp³-hybridized carbons (Fsp3) is 0.600. The summed E-state index contributed by atoms with van der Waals surface area (Å²) in [6, 6.07) is 0. The van der Waals surface area contributed by atoms with E-state index in [0.29, 0.717) is 5.41 Å². The topological polar surface area (TPSA) is 0 Å². The molecule has 0 radical (unpaired) electrons. The Morgan fingerprint density at radius 2 is 2.06 bits per heavy atom. The quantitative estimate of drug-likeness (QED) is 0.503. The minimum Gasteiger partial charge on any atom is -0.0988 e. The number of hydrogen-bond donors (Lipinski definition) is 0. The zero-order valence-electron chi connectivity index (χ0n) is 11.4. The molecule has 0 saturated carbocycles. The summed E-state index contributed by atoms with van der Waals surface area (Å²) in [5, 5.41) is 0. The zero-order chi connectivity index (χ0) is 12.3. The molecular formula is C15H25S+. The summed E-state index contributed by atoms with van der Waals surface area (Å²) < 4.78 is 0. The van der Waals surface area contributed by atoms with Gasteiger partial charge in [0.2, 0.25) is 0 Å². The zero-order valence-corrected chi connectivity index (χ0v) is 12.2. The Kier molecular flexibility index (Phi) is 4.49. The van der Waals surface area contributed by atoms with Crippen LogP contribution in [0.3, 0.4) is 0 Å². The maximum Gasteiger partial charge on any atom is 0.154 e. The van der Waals surface area contributed by atoms with Crippen LogP contribution in [0, 0.1) is 5.41 Å². The van der Waals surface area contributed by atoms with E-state index >= 15 is 0 Å². The van der Waals surface area contributed by atoms with Crippen LogP contribution in [0.15, 0.2) is 34.3 Å². The first-order valence-corrected chi connectivity index (χ1v) is 7.43. The van der Waals surface area contributed by atoms with Crippen LogP contribution < -0.4 is 0 Å². The molecule has 1 heteroatoms. The van der Waals surface area contributed by atoms with Crippen LogP contribution in [0.5, 0.6) is 0 Å². The number of rotatable bonds is 3. The number of allylic oxidation sites excluding steroid dienone is 4. The Bertz CT molecular complexity index is 342. The van der Waals surface area contributed by atoms with Crippen molar-refractivity contribution in [2.75, 3.05) is 6.26 Å². The molecule has 0 aromatic carbocycles. The van der Waals surface area contributed by atoms with Gasteiger partial charge in [-0.1, -0.05) is 33.4 Å². The van der Waals surface area contributed by atoms with E-state index in [0.717, 1.165) is 6.42 Å². The van der Waals surface area contributed by atoms with Crippen molar-refractivity contribution in [2.24, 2.45) is 5.41 Å². The third-order valence-electron chi connectivity index (χ3n) is 3.33. The second-order valence-electron chi connectivity index (χ2n) is 5.43. The molecule has 1 rings (SSSR count). The average molecular weight is 237 g/mol. The molecule has 16 heavy (non-hydrogen) atoms. The second-order valence-corrected chi connectivity index (χ2v) is 6.33. The van der Waals surface area contributed by atoms with Crippen LogP contribution in [0.25, 0.3) is 0 Å². The maximum atomic E-state index is 3.97. The number of hydrogen-bond acceptors (Lipinski definition) is 0. The summed E-state index contributed by atoms with van der Waals surface area (Å²) in [6.07, 6.45) is 7.83. The fourth-order valence-electron chi connectivity index (χ4n) is 2.76. The van der Waals surface area contributed by atoms with Crippen molar-refractivity contribution in [2.45, 2.75) is 47.0 Å². The van der Waals surface area contributed by atoms with Crippen molar-refractivity contribution in [3.8, 4) is 0 Å². The molecule has 90 valence electrons. The Labute approximate surface area is 105 Å². The van der Waals surface area contributed by atoms with Crippen molar-refractivity contribution in [3.63, 3.8) is 0 Å². The van der Waals surface area contributed by atoms with E-state index in [2.05, 4.69) is 46.6 Å². The van der Waals surface area contributed by atoms with Crippen LogP contribution in [-0.4, -0.2) is 6.26 Å². The summed E-state index contributed by atoms with van der Waals surface area (Å²) >= 11 is 1.41. The summed E-state index contributed by atoms with van der Waals surface area (Å²) in [4.78, 5) is 1.57. The van der Waals surface area contributed by atoms with E-state index in [-0.39, 0.29) is 0 Å². The lowest BCUT2D eigenvalue weighted by atomic mass is 9.74. The van der Waals surface area contributed by atoms with Gasteiger partial charge in [-0.05, 0) is 42.7 Å². The number of thiol groups is 1. The second kappa shape index (κ2) is 5.27. The van der Waals surface area contributed by atoms with Gasteiger partial charge in [-0.2, -0.15) is 0 Å². The van der Waals surface area contributed by atoms with Gasteiger partial charge >= 0.3 is 0 Å². The molecule has 0 nitrogen and oxygen atoms in total. The summed E-state index contributed by atoms with van der Waals surface area (Å²) in [6.45, 7) is 13.2. The molecule has 0 bridgehead atoms. The Balaban J connectivity index is 3.30. The summed E-state index contributed by atoms with van der Waals surface area (Å²) in [5.41, 5.74) is 4.99. The lowest BCUT2D eigenvalue weighted by Gasteiger charge is -2.32. The molecule has 0 aromatic rings. The Morgan fingerprint density at radius 3 is 2.50 bits per heavy atom. The molecular weight excluding hydrogens is 212 g/mol. The predicted molar refractivity (Wildman–Crippen MR) is 77.9 cm³/mol. The monoisotopic (exact) mass is 237 g/mol. The van der Waals surface area contributed by atoms with E-state index < -0.39 is 0 Å². The van der Waals surface area contributed by atoms with Crippen molar-refractivity contribution in [1.29, 1.82) is 0 Å². The van der Waals surface area contributed by atoms with Gasteiger partial charge in [0, 0.05) is 17.3 Å². The van der Waals surface area contributed by atoms with Crippen LogP contribution in [0.2, 0.25) is 0 Å². The lowest BCUT2D eigenvalue weighted by Crippen LogP contribution is -2.21. The highest BCUT2D eigenvalue weighted by molar-refractivity contribution is 7.82. The van der Waals surface area contributed by atoms with Crippen LogP contribution in [-0.2, 0) is 11.8 Å². The van der Waals surface area contributed by atoms with E-state index in [9.17, 15) is 0 Å². The van der Waals surface area contributed by atoms with Gasteiger partial charge in [-0.25, -0.2) is 0 Å². The predicted octanol–water partition coefficient (Wildman–Crippen LogP) is 4.42. The standard InChI is InChI=1S/C15H24S/c1-7-12(8-2)13-10-15(4,5)9-11(3)14(13)16-6/h7H,1,8-10H2,2-6H3/p+1/b13-12-. The van der Waals surface area contributed by atoms with Gasteiger partial charge in [0.1, 0.15) is 6.26 Å². The molecule has 0 N–H and O–H groups in total. The van der Waals surface area contributed by atoms with Crippen LogP contribution in [0.1, 0.15) is 47.0 Å². The SMILES string of the molecule is C=C/C(CC)=C1\CC(C)(C)CC(C)=C1[SH+]C. The molecule has 1 aliphatic rings. The van der Waals surface area contributed by atoms with Gasteiger partial charge in [0.05, 0.1) is 0 Å². The summed E-state index contributed by atoms with van der Waals surface area (Å²) in [5.74, 6) is 0. The molecule has 0 atom stereocenters. The average Bonchev–Trinajstić information content (AvgIpc) is 2.17. The maximum absolute atomic E-state index is 3.97. The van der Waals surface area contributed by atoms with Gasteiger partial charge in [0.15, 0.2) is 4.91 Å². The first kappa shape index (κ1) is 13.6. The van der Waals surface area contributed by atoms with Crippen molar-refractivity contribution >= 4 is 11.8 Å². The van der Waals surface area contributed by atoms with E-state index in [1.807, 2.05) is 0 Å². The smallest absolute Gasteiger partial charge is 0.0988 e. The molecule has 1 aliphatic carbocycles. The molecule has 0 saturated heterocycles. The Hall–Kier alpha value is -0.430. The molecule has 0 amide bonds. The highest BCUT2D eigenvalue weighted by Crippen LogP contribution is 2.43. The first-order valence-electron chi connectivity index (χ1n) is 6.09. The lowest BCUT2D eigenvalue weighted by molar-refractivity contribution is 0.349. The molecule has 0 aromatic heterocycles. The molecule has 0 aliphatic heterocycles. The molecule has 0 heterocycles. The molecule has 0 unspecified atom stereocenters. The van der Waals surface area contributed by atoms with E-state index in [1.54, 1.807) is 16.1 Å². The minimum absolute atomic E-state index is 0.414. The van der Waals surface area contributed by atoms with Gasteiger partial charge < -0.3 is 0 Å². The van der Waals surface area contributed by atoms with Gasteiger partial charge in [0.25, 0.3) is 0 Å². The molecule has 0 fully saturated rings. The highest BCUT2D eigenvalue weighted by atomic mass is 32.2. The normalized spacial score (nSPS) is 23.3. The largest absolute Gasteiger partial charge is 0.154 e. The van der Waals surface area contributed by atoms with Crippen molar-refractivity contribution < 1.29 is 0 Å². The van der Waals surface area contributed by atoms with Crippen LogP contribution in [0.4, 0.5) is 0 Å². The Morgan fingerprint density at radius 1 is 1.44 bits per heavy atom. The van der Waals surface area contributed by atoms with Gasteiger partial charge in [-0.3, -0.25) is 0 Å². The highest BCUT2D eigenvalue weighted by Gasteiger charge is 2.32. The van der Waals surface area contributed by atoms with Crippen molar-refractivity contribution in [1.82, 2.24) is 0 Å². The third kappa shape index (κ3) is 2.82. The first-order chi connectivity index (χ1) is 7.45. The fourth-order valence-corrected chi connectivity index (χ4v) is 3.71. The van der Waals surface area contributed by atoms with Crippen LogP contribution >= 0.6 is 0 Å². The van der Waals surface area contributed by atoms with E-state index in [1.165, 1.54) is 30.2 Å². The summed E-state index contributed by atoms with van der Waals surface area (Å²) in [7, 11) is 0. The van der Waals surface area contributed by atoms with Crippen molar-refractivity contribution in [3.05, 3.63) is 34.3 Å².